The van der Waals surface area contributed by atoms with Gasteiger partial charge in [0.1, 0.15) is 73.1 Å². The Kier molecular flexibility index (Phi) is 12.5. The average Bonchev–Trinajstić information content (AvgIpc) is 2.93. The van der Waals surface area contributed by atoms with Crippen LogP contribution in [0.25, 0.3) is 0 Å². The number of hydrogen-bond donors (Lipinski definition) is 11. The van der Waals surface area contributed by atoms with E-state index in [1.165, 1.54) is 0 Å². The molecule has 3 fully saturated rings. The van der Waals surface area contributed by atoms with Gasteiger partial charge in [0, 0.05) is 20.8 Å². The number of rotatable bonds is 10. The minimum atomic E-state index is -1.84. The lowest BCUT2D eigenvalue weighted by Gasteiger charge is -2.48. The number of ether oxygens (including phenoxy) is 5. The molecule has 0 spiro atoms. The zero-order valence-corrected chi connectivity index (χ0v) is 23.6. The molecule has 3 rings (SSSR count). The van der Waals surface area contributed by atoms with Gasteiger partial charge in [0.15, 0.2) is 18.9 Å². The fourth-order valence-electron chi connectivity index (χ4n) is 5.17. The van der Waals surface area contributed by atoms with Crippen LogP contribution in [0.3, 0.4) is 0 Å². The maximum absolute atomic E-state index is 11.9. The summed E-state index contributed by atoms with van der Waals surface area (Å²) in [5.41, 5.74) is 0. The van der Waals surface area contributed by atoms with Crippen molar-refractivity contribution in [3.63, 3.8) is 0 Å². The Bertz CT molecular complexity index is 962. The lowest BCUT2D eigenvalue weighted by Crippen LogP contribution is -2.69. The van der Waals surface area contributed by atoms with E-state index in [1.54, 1.807) is 0 Å². The molecule has 19 heteroatoms. The van der Waals surface area contributed by atoms with E-state index in [1.807, 2.05) is 0 Å². The molecule has 11 N–H and O–H groups in total. The number of carbonyl (C=O) groups is 3. The van der Waals surface area contributed by atoms with Crippen LogP contribution in [-0.4, -0.2) is 170 Å². The molecule has 43 heavy (non-hydrogen) atoms. The van der Waals surface area contributed by atoms with Crippen molar-refractivity contribution >= 4 is 17.7 Å². The van der Waals surface area contributed by atoms with Crippen molar-refractivity contribution in [3.05, 3.63) is 0 Å². The van der Waals surface area contributed by atoms with Gasteiger partial charge in [-0.15, -0.1) is 0 Å². The Morgan fingerprint density at radius 3 is 1.51 bits per heavy atom. The number of aliphatic hydroxyl groups is 8. The summed E-state index contributed by atoms with van der Waals surface area (Å²) in [6.45, 7) is 1.29. The van der Waals surface area contributed by atoms with Gasteiger partial charge in [0.05, 0.1) is 19.8 Å². The molecule has 15 atom stereocenters. The first-order chi connectivity index (χ1) is 20.2. The fraction of sp³-hybridized carbons (Fsp3) is 0.875. The van der Waals surface area contributed by atoms with E-state index in [4.69, 9.17) is 23.7 Å². The first-order valence-electron chi connectivity index (χ1n) is 13.5. The van der Waals surface area contributed by atoms with Crippen molar-refractivity contribution in [3.8, 4) is 0 Å². The van der Waals surface area contributed by atoms with E-state index in [-0.39, 0.29) is 0 Å². The minimum absolute atomic E-state index is 0.603. The molecule has 0 aliphatic carbocycles. The van der Waals surface area contributed by atoms with Gasteiger partial charge in [-0.2, -0.15) is 0 Å². The minimum Gasteiger partial charge on any atom is -0.394 e. The van der Waals surface area contributed by atoms with Crippen LogP contribution in [-0.2, 0) is 38.1 Å². The molecule has 3 saturated heterocycles. The predicted octanol–water partition coefficient (Wildman–Crippen LogP) is -7.14. The summed E-state index contributed by atoms with van der Waals surface area (Å²) in [5, 5.41) is 89.8. The highest BCUT2D eigenvalue weighted by Crippen LogP contribution is 2.30. The van der Waals surface area contributed by atoms with Crippen molar-refractivity contribution in [2.45, 2.75) is 113 Å². The Balaban J connectivity index is 1.84. The second-order valence-corrected chi connectivity index (χ2v) is 10.6. The maximum atomic E-state index is 11.9. The Labute approximate surface area is 245 Å². The maximum Gasteiger partial charge on any atom is 0.217 e. The molecule has 3 heterocycles. The Morgan fingerprint density at radius 1 is 0.605 bits per heavy atom. The molecule has 0 saturated carbocycles. The molecule has 0 aromatic heterocycles. The van der Waals surface area contributed by atoms with Gasteiger partial charge in [-0.05, 0) is 0 Å². The van der Waals surface area contributed by atoms with E-state index < -0.39 is 129 Å². The van der Waals surface area contributed by atoms with Crippen LogP contribution in [0.4, 0.5) is 0 Å². The van der Waals surface area contributed by atoms with Crippen LogP contribution >= 0.6 is 0 Å². The third kappa shape index (κ3) is 8.34. The quantitative estimate of drug-likeness (QED) is 0.107. The zero-order chi connectivity index (χ0) is 32.2. The molecule has 248 valence electrons. The lowest BCUT2D eigenvalue weighted by molar-refractivity contribution is -0.331. The summed E-state index contributed by atoms with van der Waals surface area (Å²) >= 11 is 0. The lowest BCUT2D eigenvalue weighted by atomic mass is 9.94. The standard InChI is InChI=1S/C24H41N3O16/c1-7(30)25-13-19(36)16(33)10(4-28)41-23(13)39-6-12-18(35)21(15(22(38)40-12)27-9(3)32)43-24-14(26-8(2)31)20(37)17(34)11(5-29)42-24/h10-24,28-29,33-38H,4-6H2,1-3H3,(H,25,30)(H,26,31)(H,27,32)/t10-,11-,12-,13-,14-,15-,16-,17-,18+,19-,20-,21-,22+,23+,24+/m1/s1. The molecule has 0 unspecified atom stereocenters. The normalized spacial score (nSPS) is 43.5. The fourth-order valence-corrected chi connectivity index (χ4v) is 5.17. The first-order valence-corrected chi connectivity index (χ1v) is 13.5. The highest BCUT2D eigenvalue weighted by Gasteiger charge is 2.52. The summed E-state index contributed by atoms with van der Waals surface area (Å²) in [5.74, 6) is -1.92. The second kappa shape index (κ2) is 15.3. The zero-order valence-electron chi connectivity index (χ0n) is 23.6. The largest absolute Gasteiger partial charge is 0.394 e. The second-order valence-electron chi connectivity index (χ2n) is 10.6. The molecule has 3 aliphatic rings. The van der Waals surface area contributed by atoms with Gasteiger partial charge in [-0.25, -0.2) is 0 Å². The molecule has 19 nitrogen and oxygen atoms in total. The summed E-state index contributed by atoms with van der Waals surface area (Å²) in [7, 11) is 0. The van der Waals surface area contributed by atoms with E-state index in [0.29, 0.717) is 0 Å². The number of hydrogen-bond acceptors (Lipinski definition) is 16. The molecule has 3 amide bonds. The summed E-state index contributed by atoms with van der Waals surface area (Å²) < 4.78 is 28.0. The van der Waals surface area contributed by atoms with E-state index in [9.17, 15) is 55.2 Å². The van der Waals surface area contributed by atoms with Crippen LogP contribution in [0.2, 0.25) is 0 Å². The molecule has 0 aromatic carbocycles. The highest BCUT2D eigenvalue weighted by atomic mass is 16.7. The summed E-state index contributed by atoms with van der Waals surface area (Å²) in [4.78, 5) is 35.4. The van der Waals surface area contributed by atoms with Crippen molar-refractivity contribution < 1.29 is 78.9 Å². The molecular formula is C24H41N3O16. The first kappa shape index (κ1) is 35.4. The smallest absolute Gasteiger partial charge is 0.217 e. The Hall–Kier alpha value is -2.11. The number of aliphatic hydroxyl groups excluding tert-OH is 8. The van der Waals surface area contributed by atoms with Crippen LogP contribution in [0.1, 0.15) is 20.8 Å². The van der Waals surface area contributed by atoms with Gasteiger partial charge in [0.25, 0.3) is 0 Å². The van der Waals surface area contributed by atoms with Crippen molar-refractivity contribution in [1.29, 1.82) is 0 Å². The molecule has 0 bridgehead atoms. The Morgan fingerprint density at radius 2 is 1.05 bits per heavy atom. The SMILES string of the molecule is CC(=O)N[C@@H]1[C@@H](O[C@@H]2O[C@H](CO)[C@@H](O)[C@H](O)[C@H]2NC(C)=O)[C@@H](O)[C@@H](CO[C@H]2O[C@H](CO)[C@@H](O)[C@H](O)[C@H]2NC(C)=O)O[C@@H]1O. The monoisotopic (exact) mass is 627 g/mol. The van der Waals surface area contributed by atoms with Crippen LogP contribution < -0.4 is 16.0 Å². The van der Waals surface area contributed by atoms with Crippen LogP contribution in [0.5, 0.6) is 0 Å². The van der Waals surface area contributed by atoms with Gasteiger partial charge in [-0.3, -0.25) is 14.4 Å². The van der Waals surface area contributed by atoms with Crippen molar-refractivity contribution in [2.24, 2.45) is 0 Å². The van der Waals surface area contributed by atoms with E-state index >= 15 is 0 Å². The van der Waals surface area contributed by atoms with Gasteiger partial charge in [0.2, 0.25) is 17.7 Å². The molecule has 3 aliphatic heterocycles. The number of nitrogens with one attached hydrogen (secondary N) is 3. The van der Waals surface area contributed by atoms with Crippen LogP contribution in [0, 0.1) is 0 Å². The van der Waals surface area contributed by atoms with Gasteiger partial charge in [-0.1, -0.05) is 0 Å². The molecule has 0 aromatic rings. The summed E-state index contributed by atoms with van der Waals surface area (Å²) in [6, 6.07) is -4.19. The van der Waals surface area contributed by atoms with E-state index in [0.717, 1.165) is 20.8 Å². The number of amides is 3. The van der Waals surface area contributed by atoms with E-state index in [2.05, 4.69) is 16.0 Å². The topological polar surface area (TPSA) is 295 Å². The predicted molar refractivity (Wildman–Crippen MR) is 136 cm³/mol. The van der Waals surface area contributed by atoms with Crippen LogP contribution in [0.15, 0.2) is 0 Å². The molecule has 0 radical (unpaired) electrons. The summed E-state index contributed by atoms with van der Waals surface area (Å²) in [6.07, 6.45) is -18.9. The average molecular weight is 628 g/mol. The highest BCUT2D eigenvalue weighted by molar-refractivity contribution is 5.74. The van der Waals surface area contributed by atoms with Crippen molar-refractivity contribution in [1.82, 2.24) is 16.0 Å². The van der Waals surface area contributed by atoms with Gasteiger partial charge >= 0.3 is 0 Å². The third-order valence-electron chi connectivity index (χ3n) is 7.28. The van der Waals surface area contributed by atoms with Crippen molar-refractivity contribution in [2.75, 3.05) is 19.8 Å². The third-order valence-corrected chi connectivity index (χ3v) is 7.28. The molecular weight excluding hydrogens is 586 g/mol. The van der Waals surface area contributed by atoms with Gasteiger partial charge < -0.3 is 80.5 Å². The number of carbonyl (C=O) groups excluding carboxylic acids is 3.